The third kappa shape index (κ3) is 3.31. The molecule has 0 saturated heterocycles. The van der Waals surface area contributed by atoms with Gasteiger partial charge in [0.05, 0.1) is 5.69 Å². The maximum Gasteiger partial charge on any atom is 0.351 e. The lowest BCUT2D eigenvalue weighted by molar-refractivity contribution is 0.217. The highest BCUT2D eigenvalue weighted by Crippen LogP contribution is 2.33. The molecule has 0 aromatic carbocycles. The van der Waals surface area contributed by atoms with Gasteiger partial charge in [-0.25, -0.2) is 4.68 Å². The number of aryl methyl sites for hydroxylation is 1. The minimum Gasteiger partial charge on any atom is -0.330 e. The van der Waals surface area contributed by atoms with Crippen LogP contribution in [0.4, 0.5) is 0 Å². The van der Waals surface area contributed by atoms with Gasteiger partial charge < -0.3 is 4.89 Å². The zero-order chi connectivity index (χ0) is 13.2. The summed E-state index contributed by atoms with van der Waals surface area (Å²) in [6.07, 6.45) is 0. The van der Waals surface area contributed by atoms with Gasteiger partial charge in [-0.05, 0) is 19.3 Å². The molecule has 7 heteroatoms. The number of nitroso groups, excluding NO2 is 1. The van der Waals surface area contributed by atoms with Gasteiger partial charge in [-0.3, -0.25) is 4.52 Å². The van der Waals surface area contributed by atoms with Gasteiger partial charge in [-0.1, -0.05) is 20.8 Å². The van der Waals surface area contributed by atoms with Crippen LogP contribution in [0.1, 0.15) is 37.7 Å². The van der Waals surface area contributed by atoms with Crippen molar-refractivity contribution in [2.24, 2.45) is 4.95 Å². The molecule has 0 radical (unpaired) electrons. The normalized spacial score (nSPS) is 13.8. The molecule has 0 spiro atoms. The van der Waals surface area contributed by atoms with Crippen LogP contribution in [0.5, 0.6) is 0 Å². The second-order valence-corrected chi connectivity index (χ2v) is 5.81. The molecule has 6 nitrogen and oxygen atoms in total. The summed E-state index contributed by atoms with van der Waals surface area (Å²) in [7, 11) is -2.23. The van der Waals surface area contributed by atoms with Gasteiger partial charge in [0.15, 0.2) is 0 Å². The summed E-state index contributed by atoms with van der Waals surface area (Å²) in [6, 6.07) is 0. The third-order valence-electron chi connectivity index (χ3n) is 2.50. The number of rotatable bonds is 4. The molecule has 1 aromatic rings. The molecule has 0 amide bonds. The first-order valence-electron chi connectivity index (χ1n) is 5.27. The fraction of sp³-hybridized carbons (Fsp3) is 0.700. The van der Waals surface area contributed by atoms with E-state index in [1.54, 1.807) is 4.68 Å². The molecule has 0 bridgehead atoms. The van der Waals surface area contributed by atoms with Gasteiger partial charge >= 0.3 is 8.53 Å². The highest BCUT2D eigenvalue weighted by molar-refractivity contribution is 7.44. The average Bonchev–Trinajstić information content (AvgIpc) is 2.49. The van der Waals surface area contributed by atoms with E-state index in [9.17, 15) is 4.91 Å². The second kappa shape index (κ2) is 5.21. The predicted molar refractivity (Wildman–Crippen MR) is 66.4 cm³/mol. The molecular weight excluding hydrogens is 241 g/mol. The molecule has 1 heterocycles. The van der Waals surface area contributed by atoms with Gasteiger partial charge in [-0.15, -0.1) is 4.91 Å². The molecule has 1 aromatic heterocycles. The number of nitrogens with zero attached hydrogens (tertiary/aromatic N) is 3. The highest BCUT2D eigenvalue weighted by Gasteiger charge is 2.23. The first-order chi connectivity index (χ1) is 7.77. The molecule has 1 N–H and O–H groups in total. The Bertz CT molecular complexity index is 412. The van der Waals surface area contributed by atoms with E-state index < -0.39 is 8.53 Å². The molecule has 0 aliphatic rings. The van der Waals surface area contributed by atoms with Crippen LogP contribution in [0.2, 0.25) is 0 Å². The van der Waals surface area contributed by atoms with Gasteiger partial charge in [0.2, 0.25) is 0 Å². The van der Waals surface area contributed by atoms with Crippen LogP contribution < -0.4 is 0 Å². The van der Waals surface area contributed by atoms with E-state index in [1.807, 2.05) is 13.8 Å². The summed E-state index contributed by atoms with van der Waals surface area (Å²) in [4.78, 5) is 21.4. The summed E-state index contributed by atoms with van der Waals surface area (Å²) < 4.78 is 6.51. The van der Waals surface area contributed by atoms with E-state index in [0.29, 0.717) is 0 Å². The lowest BCUT2D eigenvalue weighted by Crippen LogP contribution is -2.14. The van der Waals surface area contributed by atoms with Gasteiger partial charge in [0, 0.05) is 16.2 Å². The van der Waals surface area contributed by atoms with Gasteiger partial charge in [-0.2, -0.15) is 5.10 Å². The van der Waals surface area contributed by atoms with E-state index in [2.05, 4.69) is 30.8 Å². The lowest BCUT2D eigenvalue weighted by atomic mass is 9.85. The maximum absolute atomic E-state index is 10.0. The monoisotopic (exact) mass is 259 g/mol. The number of hydrogen-bond donors (Lipinski definition) is 1. The van der Waals surface area contributed by atoms with Gasteiger partial charge in [0.1, 0.15) is 6.73 Å². The molecule has 0 fully saturated rings. The Morgan fingerprint density at radius 2 is 2.06 bits per heavy atom. The molecule has 0 aliphatic carbocycles. The van der Waals surface area contributed by atoms with E-state index in [-0.39, 0.29) is 12.1 Å². The Kier molecular flexibility index (Phi) is 4.36. The predicted octanol–water partition coefficient (Wildman–Crippen LogP) is 2.76. The Hall–Kier alpha value is -0.840. The van der Waals surface area contributed by atoms with Crippen molar-refractivity contribution in [3.63, 3.8) is 0 Å². The average molecular weight is 259 g/mol. The largest absolute Gasteiger partial charge is 0.351 e. The fourth-order valence-electron chi connectivity index (χ4n) is 2.04. The maximum atomic E-state index is 10.0. The Morgan fingerprint density at radius 3 is 2.47 bits per heavy atom. The van der Waals surface area contributed by atoms with Gasteiger partial charge in [0.25, 0.3) is 0 Å². The summed E-state index contributed by atoms with van der Waals surface area (Å²) in [5, 5.41) is 4.33. The molecular formula is C10H18N3O3P. The lowest BCUT2D eigenvalue weighted by Gasteiger charge is -2.19. The molecule has 0 aliphatic heterocycles. The van der Waals surface area contributed by atoms with Crippen molar-refractivity contribution < 1.29 is 9.42 Å². The molecule has 1 atom stereocenters. The smallest absolute Gasteiger partial charge is 0.330 e. The molecule has 17 heavy (non-hydrogen) atoms. The van der Waals surface area contributed by atoms with E-state index in [0.717, 1.165) is 17.0 Å². The zero-order valence-corrected chi connectivity index (χ0v) is 11.7. The summed E-state index contributed by atoms with van der Waals surface area (Å²) in [5.41, 5.74) is 3.06. The molecule has 1 unspecified atom stereocenters. The Balaban J connectivity index is 2.93. The second-order valence-electron chi connectivity index (χ2n) is 4.89. The van der Waals surface area contributed by atoms with Crippen LogP contribution >= 0.6 is 8.53 Å². The molecule has 0 saturated carbocycles. The van der Waals surface area contributed by atoms with E-state index in [4.69, 9.17) is 9.42 Å². The first kappa shape index (κ1) is 14.2. The van der Waals surface area contributed by atoms with E-state index in [1.165, 1.54) is 0 Å². The standard InChI is InChI=1S/C10H18N3O3P/c1-7-9(10(3,4)5)8(2)13(11-7)6-16-17(15)12-14/h15H,6H2,1-5H3. The minimum absolute atomic E-state index is 0.000719. The van der Waals surface area contributed by atoms with Crippen LogP contribution in [0.15, 0.2) is 4.95 Å². The van der Waals surface area contributed by atoms with Crippen LogP contribution in [0.25, 0.3) is 0 Å². The Morgan fingerprint density at radius 1 is 1.47 bits per heavy atom. The zero-order valence-electron chi connectivity index (χ0n) is 10.8. The molecule has 1 rings (SSSR count). The van der Waals surface area contributed by atoms with Crippen molar-refractivity contribution in [1.82, 2.24) is 9.78 Å². The first-order valence-corrected chi connectivity index (χ1v) is 6.43. The van der Waals surface area contributed by atoms with Crippen molar-refractivity contribution in [3.8, 4) is 0 Å². The highest BCUT2D eigenvalue weighted by atomic mass is 31.2. The fourth-order valence-corrected chi connectivity index (χ4v) is 2.30. The van der Waals surface area contributed by atoms with E-state index >= 15 is 0 Å². The Labute approximate surface area is 102 Å². The summed E-state index contributed by atoms with van der Waals surface area (Å²) >= 11 is 0. The quantitative estimate of drug-likeness (QED) is 0.666. The summed E-state index contributed by atoms with van der Waals surface area (Å²) in [6.45, 7) is 10.3. The van der Waals surface area contributed by atoms with Crippen LogP contribution in [-0.2, 0) is 16.7 Å². The van der Waals surface area contributed by atoms with Crippen LogP contribution in [0, 0.1) is 18.8 Å². The van der Waals surface area contributed by atoms with Crippen molar-refractivity contribution in [3.05, 3.63) is 21.9 Å². The number of aromatic nitrogens is 2. The number of hydrogen-bond acceptors (Lipinski definition) is 5. The van der Waals surface area contributed by atoms with Crippen LogP contribution in [0.3, 0.4) is 0 Å². The minimum atomic E-state index is -2.23. The van der Waals surface area contributed by atoms with Crippen molar-refractivity contribution in [2.45, 2.75) is 46.8 Å². The third-order valence-corrected chi connectivity index (χ3v) is 2.98. The SMILES string of the molecule is Cc1nn(COP(O)N=O)c(C)c1C(C)(C)C. The van der Waals surface area contributed by atoms with Crippen molar-refractivity contribution >= 4 is 8.53 Å². The topological polar surface area (TPSA) is 76.7 Å². The van der Waals surface area contributed by atoms with Crippen molar-refractivity contribution in [1.29, 1.82) is 0 Å². The molecule has 96 valence electrons. The van der Waals surface area contributed by atoms with Crippen molar-refractivity contribution in [2.75, 3.05) is 0 Å². The summed E-state index contributed by atoms with van der Waals surface area (Å²) in [5.74, 6) is 0. The van der Waals surface area contributed by atoms with Crippen LogP contribution in [-0.4, -0.2) is 14.7 Å².